The highest BCUT2D eigenvalue weighted by molar-refractivity contribution is 5.74. The summed E-state index contributed by atoms with van der Waals surface area (Å²) in [6.07, 6.45) is 3.25. The molecule has 1 saturated heterocycles. The zero-order valence-corrected chi connectivity index (χ0v) is 15.8. The Morgan fingerprint density at radius 2 is 2.00 bits per heavy atom. The van der Waals surface area contributed by atoms with E-state index in [0.29, 0.717) is 31.1 Å². The number of carbonyl (C=O) groups is 1. The van der Waals surface area contributed by atoms with E-state index in [9.17, 15) is 9.90 Å². The van der Waals surface area contributed by atoms with Crippen LogP contribution in [0.3, 0.4) is 0 Å². The van der Waals surface area contributed by atoms with Crippen LogP contribution in [0.4, 0.5) is 0 Å². The number of hydrogen-bond acceptors (Lipinski definition) is 5. The van der Waals surface area contributed by atoms with E-state index in [0.717, 1.165) is 24.2 Å². The number of benzene rings is 1. The van der Waals surface area contributed by atoms with Crippen LogP contribution in [0.15, 0.2) is 42.6 Å². The maximum Gasteiger partial charge on any atom is 0.320 e. The van der Waals surface area contributed by atoms with Gasteiger partial charge in [0.25, 0.3) is 0 Å². The molecule has 1 aliphatic heterocycles. The van der Waals surface area contributed by atoms with E-state index in [1.54, 1.807) is 6.20 Å². The Kier molecular flexibility index (Phi) is 6.29. The van der Waals surface area contributed by atoms with Crippen molar-refractivity contribution in [2.75, 3.05) is 19.8 Å². The standard InChI is InChI=1S/C21H26N2O4/c1-3-26-18-11-10-15(14-19(18)27-4-2)20(16-8-5-6-12-22-16)23-13-7-9-17(23)21(24)25/h5-6,8,10-12,14,17,20H,3-4,7,9,13H2,1-2H3,(H,24,25). The monoisotopic (exact) mass is 370 g/mol. The molecule has 1 N–H and O–H groups in total. The second-order valence-electron chi connectivity index (χ2n) is 6.46. The van der Waals surface area contributed by atoms with E-state index < -0.39 is 12.0 Å². The van der Waals surface area contributed by atoms with E-state index in [2.05, 4.69) is 4.98 Å². The maximum absolute atomic E-state index is 11.8. The highest BCUT2D eigenvalue weighted by Crippen LogP contribution is 2.38. The van der Waals surface area contributed by atoms with Gasteiger partial charge in [0.2, 0.25) is 0 Å². The molecule has 0 bridgehead atoms. The predicted molar refractivity (Wildman–Crippen MR) is 102 cm³/mol. The van der Waals surface area contributed by atoms with Gasteiger partial charge in [-0.15, -0.1) is 0 Å². The Labute approximate surface area is 159 Å². The van der Waals surface area contributed by atoms with Crippen molar-refractivity contribution in [2.45, 2.75) is 38.8 Å². The van der Waals surface area contributed by atoms with Crippen LogP contribution in [0.2, 0.25) is 0 Å². The normalized spacial score (nSPS) is 18.2. The quantitative estimate of drug-likeness (QED) is 0.767. The van der Waals surface area contributed by atoms with Gasteiger partial charge < -0.3 is 14.6 Å². The van der Waals surface area contributed by atoms with Crippen LogP contribution in [0.25, 0.3) is 0 Å². The molecule has 27 heavy (non-hydrogen) atoms. The topological polar surface area (TPSA) is 71.9 Å². The fourth-order valence-electron chi connectivity index (χ4n) is 3.67. The molecule has 1 aromatic heterocycles. The Hall–Kier alpha value is -2.60. The molecule has 0 radical (unpaired) electrons. The maximum atomic E-state index is 11.8. The molecule has 2 aromatic rings. The van der Waals surface area contributed by atoms with E-state index in [1.807, 2.05) is 55.1 Å². The van der Waals surface area contributed by atoms with Crippen LogP contribution < -0.4 is 9.47 Å². The van der Waals surface area contributed by atoms with E-state index >= 15 is 0 Å². The van der Waals surface area contributed by atoms with Crippen LogP contribution in [-0.4, -0.2) is 46.8 Å². The molecule has 144 valence electrons. The largest absolute Gasteiger partial charge is 0.490 e. The lowest BCUT2D eigenvalue weighted by Crippen LogP contribution is -2.39. The number of carboxylic acids is 1. The number of aliphatic carboxylic acids is 1. The average molecular weight is 370 g/mol. The molecule has 1 aromatic carbocycles. The van der Waals surface area contributed by atoms with Crippen molar-refractivity contribution in [3.8, 4) is 11.5 Å². The van der Waals surface area contributed by atoms with Gasteiger partial charge in [-0.1, -0.05) is 12.1 Å². The fourth-order valence-corrected chi connectivity index (χ4v) is 3.67. The van der Waals surface area contributed by atoms with Gasteiger partial charge in [0.05, 0.1) is 24.9 Å². The van der Waals surface area contributed by atoms with Crippen LogP contribution in [0.1, 0.15) is 44.0 Å². The first-order chi connectivity index (χ1) is 13.2. The third-order valence-electron chi connectivity index (χ3n) is 4.76. The fraction of sp³-hybridized carbons (Fsp3) is 0.429. The zero-order valence-electron chi connectivity index (χ0n) is 15.8. The van der Waals surface area contributed by atoms with Crippen molar-refractivity contribution in [3.05, 3.63) is 53.9 Å². The van der Waals surface area contributed by atoms with Gasteiger partial charge in [0.1, 0.15) is 6.04 Å². The zero-order chi connectivity index (χ0) is 19.2. The summed E-state index contributed by atoms with van der Waals surface area (Å²) < 4.78 is 11.4. The van der Waals surface area contributed by atoms with Crippen LogP contribution in [-0.2, 0) is 4.79 Å². The molecule has 1 fully saturated rings. The number of nitrogens with zero attached hydrogens (tertiary/aromatic N) is 2. The minimum atomic E-state index is -0.788. The summed E-state index contributed by atoms with van der Waals surface area (Å²) in [6, 6.07) is 10.8. The molecule has 6 heteroatoms. The van der Waals surface area contributed by atoms with Gasteiger partial charge >= 0.3 is 5.97 Å². The smallest absolute Gasteiger partial charge is 0.320 e. The summed E-state index contributed by atoms with van der Waals surface area (Å²) in [5.74, 6) is 0.576. The number of carboxylic acid groups (broad SMARTS) is 1. The van der Waals surface area contributed by atoms with Crippen LogP contribution in [0, 0.1) is 0 Å². The number of aromatic nitrogens is 1. The molecular weight excluding hydrogens is 344 g/mol. The van der Waals surface area contributed by atoms with Crippen LogP contribution >= 0.6 is 0 Å². The summed E-state index contributed by atoms with van der Waals surface area (Å²) in [5.41, 5.74) is 1.78. The summed E-state index contributed by atoms with van der Waals surface area (Å²) >= 11 is 0. The molecule has 6 nitrogen and oxygen atoms in total. The number of hydrogen-bond donors (Lipinski definition) is 1. The molecule has 2 heterocycles. The molecule has 0 aliphatic carbocycles. The Morgan fingerprint density at radius 1 is 1.22 bits per heavy atom. The van der Waals surface area contributed by atoms with E-state index in [4.69, 9.17) is 9.47 Å². The molecule has 0 amide bonds. The lowest BCUT2D eigenvalue weighted by molar-refractivity contribution is -0.142. The molecule has 0 spiro atoms. The lowest BCUT2D eigenvalue weighted by atomic mass is 9.99. The predicted octanol–water partition coefficient (Wildman–Crippen LogP) is 3.52. The molecule has 2 atom stereocenters. The van der Waals surface area contributed by atoms with Gasteiger partial charge in [0.15, 0.2) is 11.5 Å². The highest BCUT2D eigenvalue weighted by atomic mass is 16.5. The minimum absolute atomic E-state index is 0.246. The lowest BCUT2D eigenvalue weighted by Gasteiger charge is -2.31. The Morgan fingerprint density at radius 3 is 2.67 bits per heavy atom. The summed E-state index contributed by atoms with van der Waals surface area (Å²) in [7, 11) is 0. The van der Waals surface area contributed by atoms with Crippen molar-refractivity contribution in [1.29, 1.82) is 0 Å². The van der Waals surface area contributed by atoms with Gasteiger partial charge in [0, 0.05) is 12.7 Å². The van der Waals surface area contributed by atoms with Crippen molar-refractivity contribution in [2.24, 2.45) is 0 Å². The third-order valence-corrected chi connectivity index (χ3v) is 4.76. The van der Waals surface area contributed by atoms with E-state index in [1.165, 1.54) is 0 Å². The Bertz CT molecular complexity index is 766. The molecule has 1 aliphatic rings. The minimum Gasteiger partial charge on any atom is -0.490 e. The van der Waals surface area contributed by atoms with Crippen LogP contribution in [0.5, 0.6) is 11.5 Å². The van der Waals surface area contributed by atoms with Gasteiger partial charge in [-0.2, -0.15) is 0 Å². The van der Waals surface area contributed by atoms with Gasteiger partial charge in [-0.25, -0.2) is 0 Å². The summed E-state index contributed by atoms with van der Waals surface area (Å²) in [4.78, 5) is 18.3. The number of pyridine rings is 1. The molecular formula is C21H26N2O4. The van der Waals surface area contributed by atoms with Crippen molar-refractivity contribution in [1.82, 2.24) is 9.88 Å². The Balaban J connectivity index is 2.05. The van der Waals surface area contributed by atoms with Gasteiger partial charge in [-0.05, 0) is 56.5 Å². The molecule has 2 unspecified atom stereocenters. The molecule has 3 rings (SSSR count). The first kappa shape index (κ1) is 19.2. The highest BCUT2D eigenvalue weighted by Gasteiger charge is 2.37. The van der Waals surface area contributed by atoms with E-state index in [-0.39, 0.29) is 6.04 Å². The number of ether oxygens (including phenoxy) is 2. The number of likely N-dealkylation sites (tertiary alicyclic amines) is 1. The second kappa shape index (κ2) is 8.86. The first-order valence-corrected chi connectivity index (χ1v) is 9.44. The van der Waals surface area contributed by atoms with Crippen molar-refractivity contribution >= 4 is 5.97 Å². The second-order valence-corrected chi connectivity index (χ2v) is 6.46. The first-order valence-electron chi connectivity index (χ1n) is 9.44. The SMILES string of the molecule is CCOc1ccc(C(c2ccccn2)N2CCCC2C(=O)O)cc1OCC. The van der Waals surface area contributed by atoms with Crippen molar-refractivity contribution < 1.29 is 19.4 Å². The number of rotatable bonds is 8. The third kappa shape index (κ3) is 4.22. The summed E-state index contributed by atoms with van der Waals surface area (Å²) in [5, 5.41) is 9.67. The van der Waals surface area contributed by atoms with Gasteiger partial charge in [-0.3, -0.25) is 14.7 Å². The molecule has 0 saturated carbocycles. The summed E-state index contributed by atoms with van der Waals surface area (Å²) in [6.45, 7) is 5.66. The average Bonchev–Trinajstić information content (AvgIpc) is 3.15. The van der Waals surface area contributed by atoms with Crippen molar-refractivity contribution in [3.63, 3.8) is 0 Å².